The van der Waals surface area contributed by atoms with E-state index in [1.165, 1.54) is 25.3 Å². The van der Waals surface area contributed by atoms with Gasteiger partial charge in [0.25, 0.3) is 0 Å². The lowest BCUT2D eigenvalue weighted by Crippen LogP contribution is -2.05. The summed E-state index contributed by atoms with van der Waals surface area (Å²) in [5.41, 5.74) is 0.284. The Morgan fingerprint density at radius 1 is 1.05 bits per heavy atom. The molecule has 0 saturated heterocycles. The summed E-state index contributed by atoms with van der Waals surface area (Å²) in [5, 5.41) is 0. The third-order valence-corrected chi connectivity index (χ3v) is 3.00. The molecule has 0 spiro atoms. The topological polar surface area (TPSA) is 35.5 Å². The number of carbonyl (C=O) groups excluding carboxylic acids is 1. The van der Waals surface area contributed by atoms with E-state index < -0.39 is 11.7 Å². The molecular formula is C16H13F3O3. The quantitative estimate of drug-likeness (QED) is 0.780. The van der Waals surface area contributed by atoms with Crippen molar-refractivity contribution in [3.8, 4) is 11.5 Å². The fourth-order valence-corrected chi connectivity index (χ4v) is 1.83. The Hall–Kier alpha value is -2.50. The average Bonchev–Trinajstić information content (AvgIpc) is 2.52. The summed E-state index contributed by atoms with van der Waals surface area (Å²) in [6, 6.07) is 9.37. The second-order valence-corrected chi connectivity index (χ2v) is 4.51. The smallest absolute Gasteiger partial charge is 0.416 e. The van der Waals surface area contributed by atoms with Gasteiger partial charge in [-0.1, -0.05) is 12.1 Å². The molecule has 0 N–H and O–H groups in total. The summed E-state index contributed by atoms with van der Waals surface area (Å²) in [5.74, 6) is 0.796. The molecule has 0 saturated carbocycles. The van der Waals surface area contributed by atoms with Gasteiger partial charge in [-0.3, -0.25) is 4.79 Å². The summed E-state index contributed by atoms with van der Waals surface area (Å²) in [6.07, 6.45) is -3.69. The molecule has 0 amide bonds. The minimum Gasteiger partial charge on any atom is -0.493 e. The first kappa shape index (κ1) is 15.9. The SMILES string of the molecule is COc1ccc(C=O)cc1OCc1ccc(C(F)(F)F)cc1. The summed E-state index contributed by atoms with van der Waals surface area (Å²) in [7, 11) is 1.46. The normalized spacial score (nSPS) is 11.1. The zero-order chi connectivity index (χ0) is 16.2. The van der Waals surface area contributed by atoms with E-state index in [0.29, 0.717) is 28.9 Å². The maximum Gasteiger partial charge on any atom is 0.416 e. The van der Waals surface area contributed by atoms with Crippen molar-refractivity contribution in [1.29, 1.82) is 0 Å². The first-order valence-electron chi connectivity index (χ1n) is 6.36. The minimum absolute atomic E-state index is 0.0663. The van der Waals surface area contributed by atoms with E-state index in [-0.39, 0.29) is 6.61 Å². The van der Waals surface area contributed by atoms with Crippen LogP contribution >= 0.6 is 0 Å². The Balaban J connectivity index is 2.11. The lowest BCUT2D eigenvalue weighted by Gasteiger charge is -2.12. The average molecular weight is 310 g/mol. The van der Waals surface area contributed by atoms with Crippen molar-refractivity contribution in [3.05, 3.63) is 59.2 Å². The molecule has 3 nitrogen and oxygen atoms in total. The van der Waals surface area contributed by atoms with E-state index in [2.05, 4.69) is 0 Å². The van der Waals surface area contributed by atoms with Crippen molar-refractivity contribution in [1.82, 2.24) is 0 Å². The Kier molecular flexibility index (Phi) is 4.70. The van der Waals surface area contributed by atoms with Gasteiger partial charge < -0.3 is 9.47 Å². The van der Waals surface area contributed by atoms with E-state index in [9.17, 15) is 18.0 Å². The zero-order valence-electron chi connectivity index (χ0n) is 11.7. The van der Waals surface area contributed by atoms with Gasteiger partial charge in [-0.2, -0.15) is 13.2 Å². The molecule has 2 aromatic rings. The number of hydrogen-bond donors (Lipinski definition) is 0. The highest BCUT2D eigenvalue weighted by Gasteiger charge is 2.29. The number of rotatable bonds is 5. The van der Waals surface area contributed by atoms with Crippen LogP contribution in [-0.4, -0.2) is 13.4 Å². The largest absolute Gasteiger partial charge is 0.493 e. The molecule has 0 fully saturated rings. The number of carbonyl (C=O) groups is 1. The van der Waals surface area contributed by atoms with E-state index >= 15 is 0 Å². The maximum absolute atomic E-state index is 12.5. The predicted octanol–water partition coefficient (Wildman–Crippen LogP) is 4.11. The summed E-state index contributed by atoms with van der Waals surface area (Å²) < 4.78 is 48.0. The molecule has 0 aliphatic heterocycles. The first-order valence-corrected chi connectivity index (χ1v) is 6.36. The van der Waals surface area contributed by atoms with Gasteiger partial charge in [0.2, 0.25) is 0 Å². The van der Waals surface area contributed by atoms with Crippen molar-refractivity contribution in [2.24, 2.45) is 0 Å². The van der Waals surface area contributed by atoms with Crippen LogP contribution in [0.5, 0.6) is 11.5 Å². The van der Waals surface area contributed by atoms with Crippen LogP contribution in [0.2, 0.25) is 0 Å². The number of aldehydes is 1. The van der Waals surface area contributed by atoms with E-state index in [1.54, 1.807) is 12.1 Å². The number of alkyl halides is 3. The van der Waals surface area contributed by atoms with E-state index in [1.807, 2.05) is 0 Å². The molecule has 6 heteroatoms. The predicted molar refractivity (Wildman–Crippen MR) is 74.2 cm³/mol. The molecule has 2 rings (SSSR count). The third kappa shape index (κ3) is 3.78. The summed E-state index contributed by atoms with van der Waals surface area (Å²) in [4.78, 5) is 10.8. The van der Waals surface area contributed by atoms with Gasteiger partial charge in [0.05, 0.1) is 12.7 Å². The third-order valence-electron chi connectivity index (χ3n) is 3.00. The van der Waals surface area contributed by atoms with Gasteiger partial charge in [0.15, 0.2) is 11.5 Å². The molecule has 0 atom stereocenters. The van der Waals surface area contributed by atoms with Gasteiger partial charge in [0, 0.05) is 5.56 Å². The molecular weight excluding hydrogens is 297 g/mol. The van der Waals surface area contributed by atoms with Crippen LogP contribution < -0.4 is 9.47 Å². The fourth-order valence-electron chi connectivity index (χ4n) is 1.83. The lowest BCUT2D eigenvalue weighted by atomic mass is 10.1. The highest BCUT2D eigenvalue weighted by Crippen LogP contribution is 2.30. The number of benzene rings is 2. The van der Waals surface area contributed by atoms with Gasteiger partial charge in [-0.15, -0.1) is 0 Å². The van der Waals surface area contributed by atoms with Gasteiger partial charge in [-0.25, -0.2) is 0 Å². The van der Waals surface area contributed by atoms with Crippen LogP contribution in [0.15, 0.2) is 42.5 Å². The maximum atomic E-state index is 12.5. The second-order valence-electron chi connectivity index (χ2n) is 4.51. The summed E-state index contributed by atoms with van der Waals surface area (Å²) >= 11 is 0. The lowest BCUT2D eigenvalue weighted by molar-refractivity contribution is -0.137. The molecule has 22 heavy (non-hydrogen) atoms. The van der Waals surface area contributed by atoms with E-state index in [4.69, 9.17) is 9.47 Å². The molecule has 0 bridgehead atoms. The van der Waals surface area contributed by atoms with Crippen LogP contribution in [0.3, 0.4) is 0 Å². The van der Waals surface area contributed by atoms with Crippen LogP contribution in [-0.2, 0) is 12.8 Å². The van der Waals surface area contributed by atoms with Crippen molar-refractivity contribution < 1.29 is 27.4 Å². The monoisotopic (exact) mass is 310 g/mol. The van der Waals surface area contributed by atoms with Crippen molar-refractivity contribution in [3.63, 3.8) is 0 Å². The minimum atomic E-state index is -4.36. The molecule has 2 aromatic carbocycles. The van der Waals surface area contributed by atoms with Gasteiger partial charge >= 0.3 is 6.18 Å². The Morgan fingerprint density at radius 3 is 2.27 bits per heavy atom. The van der Waals surface area contributed by atoms with Crippen molar-refractivity contribution in [2.45, 2.75) is 12.8 Å². The Bertz CT molecular complexity index is 649. The zero-order valence-corrected chi connectivity index (χ0v) is 11.7. The highest BCUT2D eigenvalue weighted by atomic mass is 19.4. The van der Waals surface area contributed by atoms with Crippen molar-refractivity contribution >= 4 is 6.29 Å². The Morgan fingerprint density at radius 2 is 1.73 bits per heavy atom. The molecule has 0 aliphatic rings. The van der Waals surface area contributed by atoms with Crippen LogP contribution in [0.1, 0.15) is 21.5 Å². The number of hydrogen-bond acceptors (Lipinski definition) is 3. The Labute approximate surface area is 125 Å². The van der Waals surface area contributed by atoms with Gasteiger partial charge in [-0.05, 0) is 35.9 Å². The molecule has 0 unspecified atom stereocenters. The molecule has 116 valence electrons. The fraction of sp³-hybridized carbons (Fsp3) is 0.188. The number of halogens is 3. The highest BCUT2D eigenvalue weighted by molar-refractivity contribution is 5.76. The van der Waals surface area contributed by atoms with Gasteiger partial charge in [0.1, 0.15) is 12.9 Å². The first-order chi connectivity index (χ1) is 10.4. The van der Waals surface area contributed by atoms with E-state index in [0.717, 1.165) is 12.1 Å². The number of methoxy groups -OCH3 is 1. The number of ether oxygens (including phenoxy) is 2. The van der Waals surface area contributed by atoms with Crippen LogP contribution in [0, 0.1) is 0 Å². The van der Waals surface area contributed by atoms with Crippen LogP contribution in [0.25, 0.3) is 0 Å². The van der Waals surface area contributed by atoms with Crippen LogP contribution in [0.4, 0.5) is 13.2 Å². The molecule has 0 aromatic heterocycles. The molecule has 0 heterocycles. The van der Waals surface area contributed by atoms with Crippen molar-refractivity contribution in [2.75, 3.05) is 7.11 Å². The molecule has 0 radical (unpaired) electrons. The molecule has 0 aliphatic carbocycles. The second kappa shape index (κ2) is 6.51. The summed E-state index contributed by atoms with van der Waals surface area (Å²) in [6.45, 7) is 0.0663. The standard InChI is InChI=1S/C16H13F3O3/c1-21-14-7-4-12(9-20)8-15(14)22-10-11-2-5-13(6-3-11)16(17,18)19/h2-9H,10H2,1H3.